The van der Waals surface area contributed by atoms with E-state index < -0.39 is 23.5 Å². The number of benzene rings is 1. The predicted octanol–water partition coefficient (Wildman–Crippen LogP) is 1.23. The Bertz CT molecular complexity index is 472. The Morgan fingerprint density at radius 2 is 1.89 bits per heavy atom. The van der Waals surface area contributed by atoms with Crippen molar-refractivity contribution in [1.29, 1.82) is 0 Å². The summed E-state index contributed by atoms with van der Waals surface area (Å²) in [4.78, 5) is 12.3. The van der Waals surface area contributed by atoms with Gasteiger partial charge in [0.05, 0.1) is 0 Å². The van der Waals surface area contributed by atoms with Gasteiger partial charge in [-0.25, -0.2) is 4.79 Å². The topological polar surface area (TPSA) is 78.3 Å². The Morgan fingerprint density at radius 3 is 2.33 bits per heavy atom. The smallest absolute Gasteiger partial charge is 0.328 e. The molecular weight excluding hydrogens is 228 g/mol. The maximum absolute atomic E-state index is 12.3. The number of rotatable bonds is 4. The van der Waals surface area contributed by atoms with Gasteiger partial charge in [-0.15, -0.1) is 0 Å². The van der Waals surface area contributed by atoms with E-state index in [1.54, 1.807) is 51.1 Å². The van der Waals surface area contributed by atoms with Crippen LogP contribution in [0.1, 0.15) is 29.1 Å². The minimum atomic E-state index is -2.13. The van der Waals surface area contributed by atoms with Gasteiger partial charge >= 0.3 is 5.97 Å². The van der Waals surface area contributed by atoms with E-state index in [-0.39, 0.29) is 6.54 Å². The molecule has 1 aromatic rings. The maximum Gasteiger partial charge on any atom is 0.328 e. The SMILES string of the molecule is [2H]C([2H])(c1ccccc1)C(N)(CN)C(=O)OC(C)(C)C. The zero-order chi connectivity index (χ0) is 15.6. The van der Waals surface area contributed by atoms with E-state index in [9.17, 15) is 4.79 Å². The van der Waals surface area contributed by atoms with Crippen LogP contribution in [0.25, 0.3) is 0 Å². The summed E-state index contributed by atoms with van der Waals surface area (Å²) in [5.74, 6) is -0.846. The van der Waals surface area contributed by atoms with Crippen LogP contribution in [0.2, 0.25) is 0 Å². The summed E-state index contributed by atoms with van der Waals surface area (Å²) in [5.41, 5.74) is 9.16. The van der Waals surface area contributed by atoms with Crippen LogP contribution in [0.5, 0.6) is 0 Å². The Balaban J connectivity index is 3.19. The van der Waals surface area contributed by atoms with Crippen LogP contribution in [0.3, 0.4) is 0 Å². The normalized spacial score (nSPS) is 17.4. The highest BCUT2D eigenvalue weighted by atomic mass is 16.6. The average molecular weight is 252 g/mol. The second-order valence-corrected chi connectivity index (χ2v) is 5.17. The summed E-state index contributed by atoms with van der Waals surface area (Å²) in [6, 6.07) is 8.26. The quantitative estimate of drug-likeness (QED) is 0.790. The van der Waals surface area contributed by atoms with Crippen LogP contribution >= 0.6 is 0 Å². The first-order valence-electron chi connectivity index (χ1n) is 6.82. The molecule has 4 nitrogen and oxygen atoms in total. The minimum absolute atomic E-state index is 0.291. The van der Waals surface area contributed by atoms with E-state index in [1.165, 1.54) is 0 Å². The highest BCUT2D eigenvalue weighted by Gasteiger charge is 2.36. The summed E-state index contributed by atoms with van der Waals surface area (Å²) in [6.07, 6.45) is -2.13. The Morgan fingerprint density at radius 1 is 1.33 bits per heavy atom. The van der Waals surface area contributed by atoms with Crippen molar-refractivity contribution in [1.82, 2.24) is 0 Å². The van der Waals surface area contributed by atoms with Gasteiger partial charge in [0.15, 0.2) is 0 Å². The number of carbonyl (C=O) groups is 1. The average Bonchev–Trinajstić information content (AvgIpc) is 2.36. The zero-order valence-electron chi connectivity index (χ0n) is 13.1. The maximum atomic E-state index is 12.3. The van der Waals surface area contributed by atoms with Crippen LogP contribution in [-0.4, -0.2) is 23.7 Å². The summed E-state index contributed by atoms with van der Waals surface area (Å²) >= 11 is 0. The highest BCUT2D eigenvalue weighted by Crippen LogP contribution is 2.16. The van der Waals surface area contributed by atoms with Crippen molar-refractivity contribution < 1.29 is 12.3 Å². The zero-order valence-corrected chi connectivity index (χ0v) is 11.1. The molecule has 0 saturated heterocycles. The van der Waals surface area contributed by atoms with Crippen LogP contribution < -0.4 is 11.5 Å². The first-order valence-corrected chi connectivity index (χ1v) is 5.82. The largest absolute Gasteiger partial charge is 0.459 e. The molecule has 0 spiro atoms. The monoisotopic (exact) mass is 252 g/mol. The predicted molar refractivity (Wildman–Crippen MR) is 72.0 cm³/mol. The molecule has 1 unspecified atom stereocenters. The van der Waals surface area contributed by atoms with Crippen molar-refractivity contribution in [2.45, 2.75) is 38.3 Å². The van der Waals surface area contributed by atoms with Crippen LogP contribution in [0.4, 0.5) is 0 Å². The first kappa shape index (κ1) is 11.7. The van der Waals surface area contributed by atoms with Crippen molar-refractivity contribution >= 4 is 5.97 Å². The van der Waals surface area contributed by atoms with Crippen molar-refractivity contribution in [3.05, 3.63) is 35.9 Å². The van der Waals surface area contributed by atoms with Crippen molar-refractivity contribution in [2.75, 3.05) is 6.54 Å². The molecule has 0 aliphatic heterocycles. The molecule has 1 rings (SSSR count). The summed E-state index contributed by atoms with van der Waals surface area (Å²) in [5, 5.41) is 0. The van der Waals surface area contributed by atoms with Crippen LogP contribution in [-0.2, 0) is 15.9 Å². The number of ether oxygens (including phenoxy) is 1. The van der Waals surface area contributed by atoms with E-state index in [0.29, 0.717) is 5.56 Å². The van der Waals surface area contributed by atoms with Gasteiger partial charge in [-0.05, 0) is 26.3 Å². The lowest BCUT2D eigenvalue weighted by Crippen LogP contribution is -2.57. The molecule has 0 aliphatic rings. The van der Waals surface area contributed by atoms with E-state index >= 15 is 0 Å². The highest BCUT2D eigenvalue weighted by molar-refractivity contribution is 5.81. The van der Waals surface area contributed by atoms with Gasteiger partial charge in [0.25, 0.3) is 0 Å². The standard InChI is InChI=1S/C14H22N2O2/c1-13(2,3)18-12(17)14(16,10-15)9-11-7-5-4-6-8-11/h4-8H,9-10,15-16H2,1-3H3/i9D2. The number of esters is 1. The van der Waals surface area contributed by atoms with E-state index in [4.69, 9.17) is 18.9 Å². The van der Waals surface area contributed by atoms with Crippen LogP contribution in [0.15, 0.2) is 30.3 Å². The number of hydrogen-bond donors (Lipinski definition) is 2. The molecule has 0 aliphatic carbocycles. The summed E-state index contributed by atoms with van der Waals surface area (Å²) in [6.45, 7) is 4.73. The molecule has 18 heavy (non-hydrogen) atoms. The second-order valence-electron chi connectivity index (χ2n) is 5.17. The number of nitrogens with two attached hydrogens (primary N) is 2. The van der Waals surface area contributed by atoms with E-state index in [1.807, 2.05) is 0 Å². The molecule has 1 aromatic carbocycles. The Kier molecular flexibility index (Phi) is 3.57. The van der Waals surface area contributed by atoms with E-state index in [2.05, 4.69) is 0 Å². The molecule has 0 bridgehead atoms. The van der Waals surface area contributed by atoms with Crippen LogP contribution in [0, 0.1) is 0 Å². The van der Waals surface area contributed by atoms with Crippen molar-refractivity contribution in [2.24, 2.45) is 11.5 Å². The molecule has 0 aromatic heterocycles. The lowest BCUT2D eigenvalue weighted by molar-refractivity contribution is -0.161. The van der Waals surface area contributed by atoms with E-state index in [0.717, 1.165) is 0 Å². The molecule has 4 N–H and O–H groups in total. The lowest BCUT2D eigenvalue weighted by atomic mass is 9.91. The number of carbonyl (C=O) groups excluding carboxylic acids is 1. The molecule has 0 radical (unpaired) electrons. The third kappa shape index (κ3) is 4.13. The van der Waals surface area contributed by atoms with Crippen molar-refractivity contribution in [3.63, 3.8) is 0 Å². The minimum Gasteiger partial charge on any atom is -0.459 e. The third-order valence-electron chi connectivity index (χ3n) is 2.23. The molecular formula is C14H22N2O2. The molecule has 100 valence electrons. The molecule has 4 heteroatoms. The summed E-state index contributed by atoms with van der Waals surface area (Å²) in [7, 11) is 0. The number of hydrogen-bond acceptors (Lipinski definition) is 4. The molecule has 1 atom stereocenters. The lowest BCUT2D eigenvalue weighted by Gasteiger charge is -2.30. The van der Waals surface area contributed by atoms with Gasteiger partial charge in [-0.2, -0.15) is 0 Å². The van der Waals surface area contributed by atoms with Gasteiger partial charge in [0.2, 0.25) is 0 Å². The Hall–Kier alpha value is -1.39. The summed E-state index contributed by atoms with van der Waals surface area (Å²) < 4.78 is 21.7. The van der Waals surface area contributed by atoms with Gasteiger partial charge in [0, 0.05) is 15.7 Å². The van der Waals surface area contributed by atoms with Gasteiger partial charge in [-0.3, -0.25) is 0 Å². The Labute approximate surface area is 111 Å². The molecule has 0 fully saturated rings. The second kappa shape index (κ2) is 5.50. The molecule has 0 saturated carbocycles. The molecule has 0 amide bonds. The third-order valence-corrected chi connectivity index (χ3v) is 2.23. The van der Waals surface area contributed by atoms with Gasteiger partial charge < -0.3 is 16.2 Å². The van der Waals surface area contributed by atoms with Gasteiger partial charge in [-0.1, -0.05) is 30.3 Å². The van der Waals surface area contributed by atoms with Crippen molar-refractivity contribution in [3.8, 4) is 0 Å². The molecule has 0 heterocycles. The first-order chi connectivity index (χ1) is 9.04. The fraction of sp³-hybridized carbons (Fsp3) is 0.500. The fourth-order valence-electron chi connectivity index (χ4n) is 1.33. The van der Waals surface area contributed by atoms with Gasteiger partial charge in [0.1, 0.15) is 11.1 Å². The fourth-order valence-corrected chi connectivity index (χ4v) is 1.33.